The van der Waals surface area contributed by atoms with Crippen molar-refractivity contribution in [1.82, 2.24) is 4.90 Å². The van der Waals surface area contributed by atoms with Crippen molar-refractivity contribution in [1.29, 1.82) is 0 Å². The molecule has 2 saturated heterocycles. The van der Waals surface area contributed by atoms with Gasteiger partial charge >= 0.3 is 12.2 Å². The number of nitrogens with zero attached hydrogens (tertiary/aromatic N) is 3. The van der Waals surface area contributed by atoms with E-state index in [-0.39, 0.29) is 19.3 Å². The largest absolute Gasteiger partial charge is 0.447 e. The molecule has 2 aliphatic rings. The quantitative estimate of drug-likeness (QED) is 0.845. The molecule has 0 radical (unpaired) electrons. The van der Waals surface area contributed by atoms with Crippen LogP contribution in [0.2, 0.25) is 0 Å². The summed E-state index contributed by atoms with van der Waals surface area (Å²) in [4.78, 5) is 28.7. The molecule has 0 unspecified atom stereocenters. The standard InChI is InChI=1S/C19H26FN3O5/c1-19(2,3)28-17(25)22-8-6-21(7-9-22)16-5-4-13(10-15(16)20)23-14(11-24)12-27-18(23)26/h4-5,10,14,24H,6-9,11-12H2,1-3H3/t14-/m0/s1. The zero-order valence-corrected chi connectivity index (χ0v) is 16.4. The van der Waals surface area contributed by atoms with E-state index in [1.54, 1.807) is 17.0 Å². The predicted molar refractivity (Wildman–Crippen MR) is 101 cm³/mol. The van der Waals surface area contributed by atoms with Gasteiger partial charge in [0.25, 0.3) is 0 Å². The molecule has 1 N–H and O–H groups in total. The number of carbonyl (C=O) groups is 2. The summed E-state index contributed by atoms with van der Waals surface area (Å²) in [5.41, 5.74) is 0.190. The summed E-state index contributed by atoms with van der Waals surface area (Å²) in [6.07, 6.45) is -0.970. The van der Waals surface area contributed by atoms with Crippen molar-refractivity contribution in [3.63, 3.8) is 0 Å². The van der Waals surface area contributed by atoms with Crippen molar-refractivity contribution in [3.8, 4) is 0 Å². The number of benzene rings is 1. The number of amides is 2. The third-order valence-electron chi connectivity index (χ3n) is 4.65. The molecule has 28 heavy (non-hydrogen) atoms. The van der Waals surface area contributed by atoms with Gasteiger partial charge in [-0.1, -0.05) is 0 Å². The van der Waals surface area contributed by atoms with Crippen LogP contribution in [0.15, 0.2) is 18.2 Å². The van der Waals surface area contributed by atoms with Crippen LogP contribution in [0.25, 0.3) is 0 Å². The van der Waals surface area contributed by atoms with Crippen LogP contribution < -0.4 is 9.80 Å². The van der Waals surface area contributed by atoms with E-state index in [2.05, 4.69) is 0 Å². The van der Waals surface area contributed by atoms with Crippen LogP contribution >= 0.6 is 0 Å². The SMILES string of the molecule is CC(C)(C)OC(=O)N1CCN(c2ccc(N3C(=O)OC[C@@H]3CO)cc2F)CC1. The van der Waals surface area contributed by atoms with Crippen LogP contribution in [0.1, 0.15) is 20.8 Å². The molecule has 0 aromatic heterocycles. The number of piperazine rings is 1. The lowest BCUT2D eigenvalue weighted by Crippen LogP contribution is -2.50. The second-order valence-corrected chi connectivity index (χ2v) is 7.87. The van der Waals surface area contributed by atoms with Crippen molar-refractivity contribution in [2.45, 2.75) is 32.4 Å². The normalized spacial score (nSPS) is 20.4. The number of anilines is 2. The van der Waals surface area contributed by atoms with Crippen molar-refractivity contribution in [2.75, 3.05) is 49.2 Å². The van der Waals surface area contributed by atoms with Gasteiger partial charge in [-0.2, -0.15) is 0 Å². The minimum Gasteiger partial charge on any atom is -0.447 e. The Hall–Kier alpha value is -2.55. The zero-order chi connectivity index (χ0) is 20.5. The lowest BCUT2D eigenvalue weighted by Gasteiger charge is -2.37. The van der Waals surface area contributed by atoms with E-state index in [4.69, 9.17) is 9.47 Å². The average molecular weight is 395 g/mol. The first-order valence-corrected chi connectivity index (χ1v) is 9.29. The highest BCUT2D eigenvalue weighted by Crippen LogP contribution is 2.29. The molecule has 8 nitrogen and oxygen atoms in total. The van der Waals surface area contributed by atoms with Crippen molar-refractivity contribution in [2.24, 2.45) is 0 Å². The fourth-order valence-electron chi connectivity index (χ4n) is 3.27. The Morgan fingerprint density at radius 2 is 1.96 bits per heavy atom. The summed E-state index contributed by atoms with van der Waals surface area (Å²) in [7, 11) is 0. The molecular formula is C19H26FN3O5. The van der Waals surface area contributed by atoms with Crippen LogP contribution in [0.5, 0.6) is 0 Å². The lowest BCUT2D eigenvalue weighted by molar-refractivity contribution is 0.0240. The maximum absolute atomic E-state index is 14.7. The van der Waals surface area contributed by atoms with Crippen molar-refractivity contribution >= 4 is 23.6 Å². The summed E-state index contributed by atoms with van der Waals surface area (Å²) in [6.45, 7) is 7.07. The number of rotatable bonds is 3. The maximum atomic E-state index is 14.7. The topological polar surface area (TPSA) is 82.6 Å². The Labute approximate surface area is 163 Å². The first-order chi connectivity index (χ1) is 13.2. The second kappa shape index (κ2) is 7.83. The van der Waals surface area contributed by atoms with Gasteiger partial charge < -0.3 is 24.4 Å². The molecule has 2 amide bonds. The molecule has 3 rings (SSSR count). The van der Waals surface area contributed by atoms with Crippen molar-refractivity contribution in [3.05, 3.63) is 24.0 Å². The van der Waals surface area contributed by atoms with Crippen molar-refractivity contribution < 1.29 is 28.6 Å². The monoisotopic (exact) mass is 395 g/mol. The number of halogens is 1. The molecule has 1 aromatic rings. The van der Waals surface area contributed by atoms with E-state index in [1.165, 1.54) is 11.0 Å². The van der Waals surface area contributed by atoms with Gasteiger partial charge in [0.15, 0.2) is 0 Å². The Morgan fingerprint density at radius 1 is 1.29 bits per heavy atom. The number of hydrogen-bond acceptors (Lipinski definition) is 6. The fraction of sp³-hybridized carbons (Fsp3) is 0.579. The molecule has 1 aromatic carbocycles. The van der Waals surface area contributed by atoms with E-state index in [9.17, 15) is 19.1 Å². The predicted octanol–water partition coefficient (Wildman–Crippen LogP) is 2.20. The summed E-state index contributed by atoms with van der Waals surface area (Å²) in [6, 6.07) is 3.99. The van der Waals surface area contributed by atoms with E-state index in [0.717, 1.165) is 0 Å². The molecule has 0 saturated carbocycles. The first-order valence-electron chi connectivity index (χ1n) is 9.29. The molecule has 0 spiro atoms. The molecule has 2 heterocycles. The van der Waals surface area contributed by atoms with Gasteiger partial charge in [-0.3, -0.25) is 4.90 Å². The summed E-state index contributed by atoms with van der Waals surface area (Å²) < 4.78 is 25.0. The molecule has 2 fully saturated rings. The highest BCUT2D eigenvalue weighted by Gasteiger charge is 2.34. The lowest BCUT2D eigenvalue weighted by atomic mass is 10.2. The first kappa shape index (κ1) is 20.2. The van der Waals surface area contributed by atoms with E-state index >= 15 is 0 Å². The summed E-state index contributed by atoms with van der Waals surface area (Å²) in [5, 5.41) is 9.37. The third-order valence-corrected chi connectivity index (χ3v) is 4.65. The molecule has 0 bridgehead atoms. The molecule has 154 valence electrons. The number of carbonyl (C=O) groups excluding carboxylic acids is 2. The van der Waals surface area contributed by atoms with Gasteiger partial charge in [0.2, 0.25) is 0 Å². The molecule has 0 aliphatic carbocycles. The molecular weight excluding hydrogens is 369 g/mol. The number of hydrogen-bond donors (Lipinski definition) is 1. The maximum Gasteiger partial charge on any atom is 0.414 e. The highest BCUT2D eigenvalue weighted by atomic mass is 19.1. The zero-order valence-electron chi connectivity index (χ0n) is 16.4. The number of ether oxygens (including phenoxy) is 2. The highest BCUT2D eigenvalue weighted by molar-refractivity contribution is 5.90. The Morgan fingerprint density at radius 3 is 2.54 bits per heavy atom. The van der Waals surface area contributed by atoms with Gasteiger partial charge in [-0.25, -0.2) is 14.0 Å². The number of aliphatic hydroxyl groups excluding tert-OH is 1. The van der Waals surface area contributed by atoms with Gasteiger partial charge in [0.1, 0.15) is 18.0 Å². The molecule has 9 heteroatoms. The van der Waals surface area contributed by atoms with Crippen LogP contribution in [0.3, 0.4) is 0 Å². The van der Waals surface area contributed by atoms with E-state index in [1.807, 2.05) is 25.7 Å². The van der Waals surface area contributed by atoms with Gasteiger partial charge in [0, 0.05) is 26.2 Å². The van der Waals surface area contributed by atoms with E-state index < -0.39 is 23.6 Å². The summed E-state index contributed by atoms with van der Waals surface area (Å²) >= 11 is 0. The van der Waals surface area contributed by atoms with Gasteiger partial charge in [0.05, 0.1) is 24.0 Å². The van der Waals surface area contributed by atoms with Crippen LogP contribution in [0.4, 0.5) is 25.4 Å². The summed E-state index contributed by atoms with van der Waals surface area (Å²) in [5.74, 6) is -0.473. The Balaban J connectivity index is 1.66. The number of aliphatic hydroxyl groups is 1. The third kappa shape index (κ3) is 4.30. The Kier molecular flexibility index (Phi) is 5.64. The van der Waals surface area contributed by atoms with Crippen LogP contribution in [-0.4, -0.2) is 73.2 Å². The smallest absolute Gasteiger partial charge is 0.414 e. The second-order valence-electron chi connectivity index (χ2n) is 7.87. The molecule has 1 atom stereocenters. The van der Waals surface area contributed by atoms with Crippen LogP contribution in [0, 0.1) is 5.82 Å². The number of cyclic esters (lactones) is 1. The molecule has 2 aliphatic heterocycles. The minimum atomic E-state index is -0.600. The average Bonchev–Trinajstić information content (AvgIpc) is 3.01. The van der Waals surface area contributed by atoms with E-state index in [0.29, 0.717) is 37.6 Å². The van der Waals surface area contributed by atoms with Crippen LogP contribution in [-0.2, 0) is 9.47 Å². The van der Waals surface area contributed by atoms with Gasteiger partial charge in [-0.15, -0.1) is 0 Å². The Bertz CT molecular complexity index is 744. The minimum absolute atomic E-state index is 0.0747. The van der Waals surface area contributed by atoms with Gasteiger partial charge in [-0.05, 0) is 39.0 Å². The fourth-order valence-corrected chi connectivity index (χ4v) is 3.27.